The van der Waals surface area contributed by atoms with Crippen LogP contribution in [0.25, 0.3) is 11.0 Å². The molecule has 1 aromatic heterocycles. The Kier molecular flexibility index (Phi) is 2.05. The van der Waals surface area contributed by atoms with Crippen molar-refractivity contribution in [2.24, 2.45) is 0 Å². The van der Waals surface area contributed by atoms with Crippen molar-refractivity contribution < 1.29 is 0 Å². The minimum atomic E-state index is 0.488. The first-order valence-corrected chi connectivity index (χ1v) is 6.18. The fourth-order valence-electron chi connectivity index (χ4n) is 1.94. The summed E-state index contributed by atoms with van der Waals surface area (Å²) in [4.78, 5) is 0. The molecule has 5 heteroatoms. The Hall–Kier alpha value is -1.23. The van der Waals surface area contributed by atoms with Crippen LogP contribution < -0.4 is 5.73 Å². The van der Waals surface area contributed by atoms with Gasteiger partial charge in [0.05, 0.1) is 11.6 Å². The van der Waals surface area contributed by atoms with E-state index in [0.717, 1.165) is 22.5 Å². The lowest BCUT2D eigenvalue weighted by atomic mass is 10.2. The predicted molar refractivity (Wildman–Crippen MR) is 62.9 cm³/mol. The van der Waals surface area contributed by atoms with E-state index in [1.165, 1.54) is 12.2 Å². The zero-order valence-electron chi connectivity index (χ0n) is 8.26. The molecule has 1 atom stereocenters. The van der Waals surface area contributed by atoms with E-state index in [0.29, 0.717) is 6.04 Å². The number of rotatable bonds is 1. The van der Waals surface area contributed by atoms with Gasteiger partial charge in [0.2, 0.25) is 0 Å². The zero-order valence-corrected chi connectivity index (χ0v) is 9.07. The summed E-state index contributed by atoms with van der Waals surface area (Å²) in [6.07, 6.45) is 1.18. The number of anilines is 1. The maximum Gasteiger partial charge on any atom is 0.113 e. The lowest BCUT2D eigenvalue weighted by Crippen LogP contribution is -2.09. The molecule has 15 heavy (non-hydrogen) atoms. The largest absolute Gasteiger partial charge is 0.399 e. The highest BCUT2D eigenvalue weighted by Crippen LogP contribution is 2.29. The molecule has 1 unspecified atom stereocenters. The van der Waals surface area contributed by atoms with Crippen LogP contribution >= 0.6 is 11.8 Å². The van der Waals surface area contributed by atoms with Crippen LogP contribution in [0.15, 0.2) is 18.2 Å². The molecule has 0 amide bonds. The maximum absolute atomic E-state index is 5.78. The van der Waals surface area contributed by atoms with Crippen molar-refractivity contribution >= 4 is 28.5 Å². The van der Waals surface area contributed by atoms with Crippen molar-refractivity contribution in [1.29, 1.82) is 0 Å². The van der Waals surface area contributed by atoms with Gasteiger partial charge in [-0.25, -0.2) is 4.68 Å². The van der Waals surface area contributed by atoms with E-state index < -0.39 is 0 Å². The highest BCUT2D eigenvalue weighted by atomic mass is 32.2. The lowest BCUT2D eigenvalue weighted by molar-refractivity contribution is 0.501. The van der Waals surface area contributed by atoms with E-state index in [1.54, 1.807) is 0 Å². The second-order valence-corrected chi connectivity index (χ2v) is 4.95. The van der Waals surface area contributed by atoms with E-state index in [4.69, 9.17) is 5.73 Å². The number of nitrogens with two attached hydrogens (primary N) is 1. The summed E-state index contributed by atoms with van der Waals surface area (Å²) in [6.45, 7) is 0. The summed E-state index contributed by atoms with van der Waals surface area (Å²) >= 11 is 1.97. The molecule has 1 aliphatic rings. The Morgan fingerprint density at radius 1 is 1.47 bits per heavy atom. The summed E-state index contributed by atoms with van der Waals surface area (Å²) in [5.74, 6) is 2.35. The third kappa shape index (κ3) is 1.47. The third-order valence-electron chi connectivity index (χ3n) is 2.75. The van der Waals surface area contributed by atoms with Crippen molar-refractivity contribution in [1.82, 2.24) is 15.0 Å². The van der Waals surface area contributed by atoms with Gasteiger partial charge in [-0.2, -0.15) is 11.8 Å². The molecule has 1 aliphatic heterocycles. The van der Waals surface area contributed by atoms with E-state index in [-0.39, 0.29) is 0 Å². The molecular weight excluding hydrogens is 208 g/mol. The van der Waals surface area contributed by atoms with E-state index in [1.807, 2.05) is 34.6 Å². The van der Waals surface area contributed by atoms with Gasteiger partial charge < -0.3 is 5.73 Å². The minimum absolute atomic E-state index is 0.488. The number of aromatic nitrogens is 3. The number of fused-ring (bicyclic) bond motifs is 1. The van der Waals surface area contributed by atoms with E-state index in [9.17, 15) is 0 Å². The van der Waals surface area contributed by atoms with Crippen molar-refractivity contribution in [2.45, 2.75) is 12.5 Å². The molecule has 0 bridgehead atoms. The van der Waals surface area contributed by atoms with Crippen LogP contribution in [0.5, 0.6) is 0 Å². The number of benzene rings is 1. The molecule has 0 radical (unpaired) electrons. The number of thioether (sulfide) groups is 1. The van der Waals surface area contributed by atoms with Crippen molar-refractivity contribution in [3.8, 4) is 0 Å². The summed E-state index contributed by atoms with van der Waals surface area (Å²) in [5.41, 5.74) is 8.54. The van der Waals surface area contributed by atoms with Crippen LogP contribution in [0.3, 0.4) is 0 Å². The summed E-state index contributed by atoms with van der Waals surface area (Å²) in [5, 5.41) is 8.37. The lowest BCUT2D eigenvalue weighted by Gasteiger charge is -2.08. The SMILES string of the molecule is Nc1ccc2nnn(C3CCSC3)c2c1. The topological polar surface area (TPSA) is 56.7 Å². The zero-order chi connectivity index (χ0) is 10.3. The molecule has 0 spiro atoms. The van der Waals surface area contributed by atoms with Crippen LogP contribution in [0, 0.1) is 0 Å². The molecule has 4 nitrogen and oxygen atoms in total. The Balaban J connectivity index is 2.13. The van der Waals surface area contributed by atoms with Crippen LogP contribution in [-0.4, -0.2) is 26.5 Å². The predicted octanol–water partition coefficient (Wildman–Crippen LogP) is 1.69. The number of nitrogens with zero attached hydrogens (tertiary/aromatic N) is 3. The van der Waals surface area contributed by atoms with Gasteiger partial charge in [-0.15, -0.1) is 5.10 Å². The second-order valence-electron chi connectivity index (χ2n) is 3.80. The first-order valence-electron chi connectivity index (χ1n) is 5.03. The quantitative estimate of drug-likeness (QED) is 0.743. The molecule has 1 aromatic carbocycles. The standard InChI is InChI=1S/C10H12N4S/c11-7-1-2-9-10(5-7)14(13-12-9)8-3-4-15-6-8/h1-2,5,8H,3-4,6,11H2. The maximum atomic E-state index is 5.78. The first kappa shape index (κ1) is 9.03. The number of hydrogen-bond donors (Lipinski definition) is 1. The molecule has 0 saturated carbocycles. The molecule has 78 valence electrons. The fourth-order valence-corrected chi connectivity index (χ4v) is 3.12. The normalized spacial score (nSPS) is 21.2. The van der Waals surface area contributed by atoms with Gasteiger partial charge >= 0.3 is 0 Å². The van der Waals surface area contributed by atoms with Gasteiger partial charge in [0.15, 0.2) is 0 Å². The highest BCUT2D eigenvalue weighted by Gasteiger charge is 2.20. The number of hydrogen-bond acceptors (Lipinski definition) is 4. The molecule has 2 heterocycles. The second kappa shape index (κ2) is 3.41. The average Bonchev–Trinajstić information content (AvgIpc) is 2.83. The van der Waals surface area contributed by atoms with Gasteiger partial charge in [0, 0.05) is 11.4 Å². The molecule has 0 aliphatic carbocycles. The molecular formula is C10H12N4S. The average molecular weight is 220 g/mol. The highest BCUT2D eigenvalue weighted by molar-refractivity contribution is 7.99. The monoisotopic (exact) mass is 220 g/mol. The molecule has 3 rings (SSSR count). The molecule has 1 saturated heterocycles. The Morgan fingerprint density at radius 2 is 2.40 bits per heavy atom. The number of nitrogen functional groups attached to an aromatic ring is 1. The summed E-state index contributed by atoms with van der Waals surface area (Å²) < 4.78 is 2.02. The van der Waals surface area contributed by atoms with Crippen LogP contribution in [0.1, 0.15) is 12.5 Å². The van der Waals surface area contributed by atoms with Crippen LogP contribution in [-0.2, 0) is 0 Å². The summed E-state index contributed by atoms with van der Waals surface area (Å²) in [7, 11) is 0. The minimum Gasteiger partial charge on any atom is -0.399 e. The Labute approximate surface area is 91.8 Å². The van der Waals surface area contributed by atoms with Crippen molar-refractivity contribution in [3.63, 3.8) is 0 Å². The van der Waals surface area contributed by atoms with Crippen LogP contribution in [0.4, 0.5) is 5.69 Å². The fraction of sp³-hybridized carbons (Fsp3) is 0.400. The molecule has 2 N–H and O–H groups in total. The van der Waals surface area contributed by atoms with Gasteiger partial charge in [-0.3, -0.25) is 0 Å². The van der Waals surface area contributed by atoms with E-state index in [2.05, 4.69) is 10.3 Å². The van der Waals surface area contributed by atoms with Gasteiger partial charge in [-0.1, -0.05) is 5.21 Å². The first-order chi connectivity index (χ1) is 7.34. The van der Waals surface area contributed by atoms with Crippen molar-refractivity contribution in [3.05, 3.63) is 18.2 Å². The van der Waals surface area contributed by atoms with Crippen LogP contribution in [0.2, 0.25) is 0 Å². The van der Waals surface area contributed by atoms with E-state index >= 15 is 0 Å². The van der Waals surface area contributed by atoms with Gasteiger partial charge in [0.1, 0.15) is 5.52 Å². The van der Waals surface area contributed by atoms with Gasteiger partial charge in [-0.05, 0) is 30.4 Å². The van der Waals surface area contributed by atoms with Crippen molar-refractivity contribution in [2.75, 3.05) is 17.2 Å². The summed E-state index contributed by atoms with van der Waals surface area (Å²) in [6, 6.07) is 6.24. The smallest absolute Gasteiger partial charge is 0.113 e. The Morgan fingerprint density at radius 3 is 3.20 bits per heavy atom. The van der Waals surface area contributed by atoms with Gasteiger partial charge in [0.25, 0.3) is 0 Å². The molecule has 2 aromatic rings. The third-order valence-corrected chi connectivity index (χ3v) is 3.89. The Bertz CT molecular complexity index is 487. The molecule has 1 fully saturated rings.